The summed E-state index contributed by atoms with van der Waals surface area (Å²) in [6.07, 6.45) is 63.6. The molecule has 0 amide bonds. The molecule has 0 aliphatic carbocycles. The molecule has 0 aromatic heterocycles. The molecule has 588 valence electrons. The van der Waals surface area contributed by atoms with Crippen molar-refractivity contribution in [2.45, 2.75) is 445 Å². The number of phosphoric ester groups is 2. The van der Waals surface area contributed by atoms with Gasteiger partial charge in [0.2, 0.25) is 0 Å². The Bertz CT molecular complexity index is 1890. The molecule has 0 spiro atoms. The third-order valence-corrected chi connectivity index (χ3v) is 20.7. The van der Waals surface area contributed by atoms with E-state index in [0.29, 0.717) is 25.7 Å². The standard InChI is InChI=1S/C80H156O17P2/c1-6-9-12-15-18-21-24-27-28-32-35-40-44-49-54-59-64-78(83)91-70-76(97-80(85)66-61-56-51-46-41-36-33-30-29-31-34-37-42-47-52-57-62-73(4)5)72-95-99(88,89)93-68-74(81)67-92-98(86,87)94-71-75(96-79(84)65-60-55-50-45-39-26-23-20-17-14-11-8-3)69-90-77(82)63-58-53-48-43-38-25-22-19-16-13-10-7-2/h73-76,81H,6-72H2,1-5H3,(H,86,87)(H,88,89)/t74-,75+,76+/m0/s1. The van der Waals surface area contributed by atoms with Gasteiger partial charge in [0.1, 0.15) is 19.3 Å². The Balaban J connectivity index is 5.24. The lowest BCUT2D eigenvalue weighted by Crippen LogP contribution is -2.30. The Kier molecular flexibility index (Phi) is 71.6. The predicted molar refractivity (Wildman–Crippen MR) is 405 cm³/mol. The maximum absolute atomic E-state index is 13.1. The first-order chi connectivity index (χ1) is 48.0. The van der Waals surface area contributed by atoms with Gasteiger partial charge in [0.05, 0.1) is 26.4 Å². The molecule has 99 heavy (non-hydrogen) atoms. The summed E-state index contributed by atoms with van der Waals surface area (Å²) >= 11 is 0. The average molecular weight is 1450 g/mol. The van der Waals surface area contributed by atoms with Crippen molar-refractivity contribution in [3.8, 4) is 0 Å². The molecule has 0 bridgehead atoms. The normalized spacial score (nSPS) is 13.9. The molecule has 0 aliphatic heterocycles. The van der Waals surface area contributed by atoms with Crippen molar-refractivity contribution >= 4 is 39.5 Å². The van der Waals surface area contributed by atoms with E-state index in [1.165, 1.54) is 250 Å². The number of esters is 4. The molecule has 0 aromatic rings. The minimum atomic E-state index is -4.96. The van der Waals surface area contributed by atoms with Crippen LogP contribution in [0.3, 0.4) is 0 Å². The molecule has 0 fully saturated rings. The molecule has 0 aliphatic rings. The van der Waals surface area contributed by atoms with Gasteiger partial charge in [-0.25, -0.2) is 9.13 Å². The Morgan fingerprint density at radius 1 is 0.273 bits per heavy atom. The number of phosphoric acid groups is 2. The number of carbonyl (C=O) groups is 4. The number of hydrogen-bond donors (Lipinski definition) is 3. The van der Waals surface area contributed by atoms with Gasteiger partial charge in [0.25, 0.3) is 0 Å². The number of ether oxygens (including phenoxy) is 4. The van der Waals surface area contributed by atoms with E-state index in [-0.39, 0.29) is 25.7 Å². The molecule has 0 saturated carbocycles. The second-order valence-corrected chi connectivity index (χ2v) is 32.2. The lowest BCUT2D eigenvalue weighted by Gasteiger charge is -2.21. The summed E-state index contributed by atoms with van der Waals surface area (Å²) in [5.74, 6) is -1.30. The number of rotatable bonds is 80. The van der Waals surface area contributed by atoms with Crippen LogP contribution in [-0.4, -0.2) is 96.7 Å². The fourth-order valence-corrected chi connectivity index (χ4v) is 14.0. The Morgan fingerprint density at radius 3 is 0.687 bits per heavy atom. The fraction of sp³-hybridized carbons (Fsp3) is 0.950. The molecule has 0 radical (unpaired) electrons. The molecule has 0 aromatic carbocycles. The highest BCUT2D eigenvalue weighted by Gasteiger charge is 2.30. The van der Waals surface area contributed by atoms with Crippen LogP contribution in [-0.2, 0) is 65.4 Å². The summed E-state index contributed by atoms with van der Waals surface area (Å²) in [7, 11) is -9.92. The molecular weight excluding hydrogens is 1290 g/mol. The van der Waals surface area contributed by atoms with E-state index in [1.54, 1.807) is 0 Å². The summed E-state index contributed by atoms with van der Waals surface area (Å²) in [5, 5.41) is 10.6. The largest absolute Gasteiger partial charge is 0.472 e. The second kappa shape index (κ2) is 73.0. The van der Waals surface area contributed by atoms with Crippen LogP contribution in [0.4, 0.5) is 0 Å². The van der Waals surface area contributed by atoms with E-state index >= 15 is 0 Å². The predicted octanol–water partition coefficient (Wildman–Crippen LogP) is 24.0. The van der Waals surface area contributed by atoms with Gasteiger partial charge in [-0.1, -0.05) is 375 Å². The van der Waals surface area contributed by atoms with E-state index < -0.39 is 97.5 Å². The maximum Gasteiger partial charge on any atom is 0.472 e. The van der Waals surface area contributed by atoms with Crippen LogP contribution in [0.15, 0.2) is 0 Å². The molecule has 19 heteroatoms. The molecular formula is C80H156O17P2. The first kappa shape index (κ1) is 97.1. The number of aliphatic hydroxyl groups excluding tert-OH is 1. The highest BCUT2D eigenvalue weighted by atomic mass is 31.2. The molecule has 2 unspecified atom stereocenters. The van der Waals surface area contributed by atoms with Gasteiger partial charge < -0.3 is 33.8 Å². The number of unbranched alkanes of at least 4 members (excludes halogenated alkanes) is 52. The topological polar surface area (TPSA) is 237 Å². The van der Waals surface area contributed by atoms with Crippen molar-refractivity contribution in [3.05, 3.63) is 0 Å². The van der Waals surface area contributed by atoms with Gasteiger partial charge in [-0.05, 0) is 31.6 Å². The molecule has 17 nitrogen and oxygen atoms in total. The van der Waals surface area contributed by atoms with Gasteiger partial charge in [0, 0.05) is 25.7 Å². The molecule has 0 heterocycles. The summed E-state index contributed by atoms with van der Waals surface area (Å²) in [5.41, 5.74) is 0. The van der Waals surface area contributed by atoms with Gasteiger partial charge >= 0.3 is 39.5 Å². The number of hydrogen-bond acceptors (Lipinski definition) is 15. The minimum Gasteiger partial charge on any atom is -0.462 e. The van der Waals surface area contributed by atoms with Gasteiger partial charge in [-0.15, -0.1) is 0 Å². The zero-order chi connectivity index (χ0) is 72.7. The number of aliphatic hydroxyl groups is 1. The van der Waals surface area contributed by atoms with E-state index in [1.807, 2.05) is 0 Å². The lowest BCUT2D eigenvalue weighted by atomic mass is 10.0. The second-order valence-electron chi connectivity index (χ2n) is 29.3. The van der Waals surface area contributed by atoms with Crippen molar-refractivity contribution < 1.29 is 80.2 Å². The van der Waals surface area contributed by atoms with Crippen LogP contribution in [0.1, 0.15) is 426 Å². The van der Waals surface area contributed by atoms with Crippen LogP contribution >= 0.6 is 15.6 Å². The molecule has 0 rings (SSSR count). The zero-order valence-electron chi connectivity index (χ0n) is 64.6. The van der Waals surface area contributed by atoms with E-state index in [4.69, 9.17) is 37.0 Å². The van der Waals surface area contributed by atoms with Crippen LogP contribution in [0, 0.1) is 5.92 Å². The highest BCUT2D eigenvalue weighted by Crippen LogP contribution is 2.45. The SMILES string of the molecule is CCCCCCCCCCCCCCCCCCC(=O)OC[C@H](COP(=O)(O)OC[C@@H](O)COP(=O)(O)OC[C@@H](COC(=O)CCCCCCCCCCCCCC)OC(=O)CCCCCCCCCCCCCC)OC(=O)CCCCCCCCCCCCCCCCCCC(C)C. The minimum absolute atomic E-state index is 0.108. The Labute approximate surface area is 607 Å². The lowest BCUT2D eigenvalue weighted by molar-refractivity contribution is -0.161. The van der Waals surface area contributed by atoms with Crippen LogP contribution in [0.5, 0.6) is 0 Å². The van der Waals surface area contributed by atoms with Crippen LogP contribution in [0.2, 0.25) is 0 Å². The average Bonchev–Trinajstić information content (AvgIpc) is 1.02. The third-order valence-electron chi connectivity index (χ3n) is 18.8. The van der Waals surface area contributed by atoms with E-state index in [0.717, 1.165) is 95.8 Å². The van der Waals surface area contributed by atoms with E-state index in [2.05, 4.69) is 34.6 Å². The third kappa shape index (κ3) is 74.1. The molecule has 0 saturated heterocycles. The van der Waals surface area contributed by atoms with Gasteiger partial charge in [-0.3, -0.25) is 37.3 Å². The highest BCUT2D eigenvalue weighted by molar-refractivity contribution is 7.47. The van der Waals surface area contributed by atoms with Crippen molar-refractivity contribution in [3.63, 3.8) is 0 Å². The van der Waals surface area contributed by atoms with Crippen molar-refractivity contribution in [1.29, 1.82) is 0 Å². The molecule has 3 N–H and O–H groups in total. The monoisotopic (exact) mass is 1450 g/mol. The summed E-state index contributed by atoms with van der Waals surface area (Å²) in [4.78, 5) is 73.0. The maximum atomic E-state index is 13.1. The number of carbonyl (C=O) groups excluding carboxylic acids is 4. The van der Waals surface area contributed by atoms with Crippen molar-refractivity contribution in [2.24, 2.45) is 5.92 Å². The first-order valence-electron chi connectivity index (χ1n) is 41.6. The smallest absolute Gasteiger partial charge is 0.462 e. The van der Waals surface area contributed by atoms with E-state index in [9.17, 15) is 43.2 Å². The fourth-order valence-electron chi connectivity index (χ4n) is 12.4. The first-order valence-corrected chi connectivity index (χ1v) is 44.6. The Morgan fingerprint density at radius 2 is 0.465 bits per heavy atom. The van der Waals surface area contributed by atoms with Crippen molar-refractivity contribution in [1.82, 2.24) is 0 Å². The van der Waals surface area contributed by atoms with Gasteiger partial charge in [-0.2, -0.15) is 0 Å². The summed E-state index contributed by atoms with van der Waals surface area (Å²) < 4.78 is 68.7. The summed E-state index contributed by atoms with van der Waals surface area (Å²) in [6.45, 7) is 7.36. The molecule has 5 atom stereocenters. The Hall–Kier alpha value is -1.94. The van der Waals surface area contributed by atoms with Crippen LogP contribution < -0.4 is 0 Å². The van der Waals surface area contributed by atoms with Crippen molar-refractivity contribution in [2.75, 3.05) is 39.6 Å². The zero-order valence-corrected chi connectivity index (χ0v) is 66.4. The van der Waals surface area contributed by atoms with Crippen LogP contribution in [0.25, 0.3) is 0 Å². The quantitative estimate of drug-likeness (QED) is 0.0222. The summed E-state index contributed by atoms with van der Waals surface area (Å²) in [6, 6.07) is 0. The van der Waals surface area contributed by atoms with Gasteiger partial charge in [0.15, 0.2) is 12.2 Å².